The number of methoxy groups -OCH3 is 2. The van der Waals surface area contributed by atoms with Crippen LogP contribution in [0.25, 0.3) is 5.69 Å². The topological polar surface area (TPSA) is 65.8 Å². The van der Waals surface area contributed by atoms with Gasteiger partial charge in [-0.1, -0.05) is 37.1 Å². The highest BCUT2D eigenvalue weighted by Crippen LogP contribution is 2.34. The monoisotopic (exact) mass is 463 g/mol. The minimum absolute atomic E-state index is 0.0871. The standard InChI is InChI=1S/C27H33N3O4/c1-20-25(19-29(16-17-32-2)26(31)21-10-7-8-11-21)27(30(28-20)22-12-5-4-6-13-22)34-24-15-9-14-23(18-24)33-3/h4-6,9,12-15,18,21H,7-8,10-11,16-17,19H2,1-3H3. The number of carbonyl (C=O) groups is 1. The first kappa shape index (κ1) is 23.8. The van der Waals surface area contributed by atoms with Gasteiger partial charge in [0.05, 0.1) is 37.2 Å². The lowest BCUT2D eigenvalue weighted by Crippen LogP contribution is -2.37. The van der Waals surface area contributed by atoms with Crippen molar-refractivity contribution in [3.05, 3.63) is 65.9 Å². The largest absolute Gasteiger partial charge is 0.497 e. The van der Waals surface area contributed by atoms with Crippen LogP contribution in [0.1, 0.15) is 36.9 Å². The van der Waals surface area contributed by atoms with Crippen LogP contribution < -0.4 is 9.47 Å². The summed E-state index contributed by atoms with van der Waals surface area (Å²) in [6.07, 6.45) is 4.14. The van der Waals surface area contributed by atoms with Gasteiger partial charge >= 0.3 is 0 Å². The van der Waals surface area contributed by atoms with Gasteiger partial charge in [0.1, 0.15) is 11.5 Å². The second-order valence-corrected chi connectivity index (χ2v) is 8.63. The first-order valence-electron chi connectivity index (χ1n) is 11.8. The molecule has 7 heteroatoms. The molecule has 0 aliphatic heterocycles. The first-order valence-corrected chi connectivity index (χ1v) is 11.8. The fourth-order valence-corrected chi connectivity index (χ4v) is 4.44. The molecule has 0 unspecified atom stereocenters. The zero-order valence-electron chi connectivity index (χ0n) is 20.2. The van der Waals surface area contributed by atoms with E-state index in [4.69, 9.17) is 19.3 Å². The van der Waals surface area contributed by atoms with Crippen molar-refractivity contribution in [3.8, 4) is 23.1 Å². The van der Waals surface area contributed by atoms with E-state index in [0.717, 1.165) is 42.6 Å². The van der Waals surface area contributed by atoms with Gasteiger partial charge in [0.25, 0.3) is 0 Å². The Labute approximate surface area is 201 Å². The van der Waals surface area contributed by atoms with E-state index in [9.17, 15) is 4.79 Å². The molecule has 1 heterocycles. The Balaban J connectivity index is 1.72. The van der Waals surface area contributed by atoms with Crippen LogP contribution in [0.15, 0.2) is 54.6 Å². The smallest absolute Gasteiger partial charge is 0.227 e. The number of carbonyl (C=O) groups excluding carboxylic acids is 1. The summed E-state index contributed by atoms with van der Waals surface area (Å²) in [6, 6.07) is 17.4. The molecule has 1 aliphatic rings. The van der Waals surface area contributed by atoms with E-state index < -0.39 is 0 Å². The number of para-hydroxylation sites is 1. The first-order chi connectivity index (χ1) is 16.6. The average Bonchev–Trinajstić information content (AvgIpc) is 3.51. The minimum Gasteiger partial charge on any atom is -0.497 e. The van der Waals surface area contributed by atoms with E-state index in [0.29, 0.717) is 37.1 Å². The number of ether oxygens (including phenoxy) is 3. The normalized spacial score (nSPS) is 13.7. The number of benzene rings is 2. The summed E-state index contributed by atoms with van der Waals surface area (Å²) in [5, 5.41) is 4.80. The molecule has 0 radical (unpaired) electrons. The van der Waals surface area contributed by atoms with Crippen molar-refractivity contribution in [2.75, 3.05) is 27.4 Å². The highest BCUT2D eigenvalue weighted by atomic mass is 16.5. The van der Waals surface area contributed by atoms with E-state index >= 15 is 0 Å². The maximum absolute atomic E-state index is 13.4. The molecule has 4 rings (SSSR count). The van der Waals surface area contributed by atoms with Crippen LogP contribution >= 0.6 is 0 Å². The van der Waals surface area contributed by atoms with E-state index in [1.807, 2.05) is 66.4 Å². The van der Waals surface area contributed by atoms with Gasteiger partial charge in [0.2, 0.25) is 11.8 Å². The Bertz CT molecular complexity index is 1090. The Morgan fingerprint density at radius 2 is 1.79 bits per heavy atom. The highest BCUT2D eigenvalue weighted by molar-refractivity contribution is 5.79. The molecule has 34 heavy (non-hydrogen) atoms. The Morgan fingerprint density at radius 1 is 1.06 bits per heavy atom. The summed E-state index contributed by atoms with van der Waals surface area (Å²) in [4.78, 5) is 15.3. The van der Waals surface area contributed by atoms with Crippen molar-refractivity contribution in [1.82, 2.24) is 14.7 Å². The summed E-state index contributed by atoms with van der Waals surface area (Å²) < 4.78 is 18.9. The Hall–Kier alpha value is -3.32. The molecule has 1 amide bonds. The van der Waals surface area contributed by atoms with Crippen LogP contribution in [0.4, 0.5) is 0 Å². The fraction of sp³-hybridized carbons (Fsp3) is 0.407. The van der Waals surface area contributed by atoms with E-state index in [1.165, 1.54) is 0 Å². The number of aryl methyl sites for hydroxylation is 1. The molecule has 7 nitrogen and oxygen atoms in total. The van der Waals surface area contributed by atoms with E-state index in [2.05, 4.69) is 0 Å². The molecule has 0 atom stereocenters. The summed E-state index contributed by atoms with van der Waals surface area (Å²) >= 11 is 0. The molecule has 3 aromatic rings. The SMILES string of the molecule is COCCN(Cc1c(C)nn(-c2ccccc2)c1Oc1cccc(OC)c1)C(=O)C1CCCC1. The minimum atomic E-state index is 0.0871. The second-order valence-electron chi connectivity index (χ2n) is 8.63. The van der Waals surface area contributed by atoms with Crippen molar-refractivity contribution in [2.24, 2.45) is 5.92 Å². The van der Waals surface area contributed by atoms with Crippen molar-refractivity contribution < 1.29 is 19.0 Å². The number of hydrogen-bond acceptors (Lipinski definition) is 5. The number of hydrogen-bond donors (Lipinski definition) is 0. The second kappa shape index (κ2) is 11.2. The van der Waals surface area contributed by atoms with Gasteiger partial charge in [-0.2, -0.15) is 5.10 Å². The lowest BCUT2D eigenvalue weighted by Gasteiger charge is -2.26. The summed E-state index contributed by atoms with van der Waals surface area (Å²) in [5.74, 6) is 2.22. The molecular weight excluding hydrogens is 430 g/mol. The van der Waals surface area contributed by atoms with Crippen LogP contribution in [0.5, 0.6) is 17.4 Å². The van der Waals surface area contributed by atoms with Gasteiger partial charge in [-0.15, -0.1) is 0 Å². The van der Waals surface area contributed by atoms with Crippen LogP contribution in [0, 0.1) is 12.8 Å². The molecule has 1 fully saturated rings. The maximum atomic E-state index is 13.4. The summed E-state index contributed by atoms with van der Waals surface area (Å²) in [7, 11) is 3.29. The fourth-order valence-electron chi connectivity index (χ4n) is 4.44. The zero-order chi connectivity index (χ0) is 23.9. The Kier molecular flexibility index (Phi) is 7.85. The molecule has 2 aromatic carbocycles. The number of rotatable bonds is 10. The summed E-state index contributed by atoms with van der Waals surface area (Å²) in [5.41, 5.74) is 2.60. The summed E-state index contributed by atoms with van der Waals surface area (Å²) in [6.45, 7) is 3.38. The van der Waals surface area contributed by atoms with E-state index in [-0.39, 0.29) is 11.8 Å². The van der Waals surface area contributed by atoms with Crippen molar-refractivity contribution in [1.29, 1.82) is 0 Å². The van der Waals surface area contributed by atoms with Gasteiger partial charge in [-0.25, -0.2) is 4.68 Å². The predicted molar refractivity (Wildman–Crippen MR) is 131 cm³/mol. The average molecular weight is 464 g/mol. The zero-order valence-corrected chi connectivity index (χ0v) is 20.2. The quantitative estimate of drug-likeness (QED) is 0.416. The van der Waals surface area contributed by atoms with Crippen molar-refractivity contribution in [2.45, 2.75) is 39.2 Å². The molecule has 1 saturated carbocycles. The maximum Gasteiger partial charge on any atom is 0.227 e. The molecule has 0 bridgehead atoms. The molecule has 180 valence electrons. The lowest BCUT2D eigenvalue weighted by atomic mass is 10.1. The highest BCUT2D eigenvalue weighted by Gasteiger charge is 2.29. The third kappa shape index (κ3) is 5.42. The van der Waals surface area contributed by atoms with Gasteiger partial charge in [-0.3, -0.25) is 4.79 Å². The molecule has 0 N–H and O–H groups in total. The molecular formula is C27H33N3O4. The van der Waals surface area contributed by atoms with Gasteiger partial charge in [0.15, 0.2) is 0 Å². The van der Waals surface area contributed by atoms with Gasteiger partial charge < -0.3 is 19.1 Å². The Morgan fingerprint density at radius 3 is 2.50 bits per heavy atom. The van der Waals surface area contributed by atoms with Gasteiger partial charge in [-0.05, 0) is 44.0 Å². The van der Waals surface area contributed by atoms with Crippen LogP contribution in [-0.4, -0.2) is 48.0 Å². The van der Waals surface area contributed by atoms with Gasteiger partial charge in [0, 0.05) is 25.6 Å². The number of aromatic nitrogens is 2. The number of amides is 1. The predicted octanol–water partition coefficient (Wildman–Crippen LogP) is 5.15. The van der Waals surface area contributed by atoms with Crippen molar-refractivity contribution in [3.63, 3.8) is 0 Å². The molecule has 0 saturated heterocycles. The van der Waals surface area contributed by atoms with Crippen LogP contribution in [0.3, 0.4) is 0 Å². The molecule has 0 spiro atoms. The third-order valence-corrected chi connectivity index (χ3v) is 6.32. The van der Waals surface area contributed by atoms with E-state index in [1.54, 1.807) is 18.9 Å². The van der Waals surface area contributed by atoms with Crippen molar-refractivity contribution >= 4 is 5.91 Å². The van der Waals surface area contributed by atoms with Crippen LogP contribution in [-0.2, 0) is 16.1 Å². The third-order valence-electron chi connectivity index (χ3n) is 6.32. The number of nitrogens with zero attached hydrogens (tertiary/aromatic N) is 3. The lowest BCUT2D eigenvalue weighted by molar-refractivity contribution is -0.136. The van der Waals surface area contributed by atoms with Crippen LogP contribution in [0.2, 0.25) is 0 Å². The molecule has 1 aliphatic carbocycles. The molecule has 1 aromatic heterocycles.